The van der Waals surface area contributed by atoms with E-state index >= 15 is 0 Å². The van der Waals surface area contributed by atoms with Crippen LogP contribution in [0, 0.1) is 17.8 Å². The molecule has 2 fully saturated rings. The van der Waals surface area contributed by atoms with Crippen LogP contribution in [-0.4, -0.2) is 35.2 Å². The molecule has 7 heteroatoms. The lowest BCUT2D eigenvalue weighted by Gasteiger charge is -2.30. The Balaban J connectivity index is 1.56. The molecule has 3 heterocycles. The zero-order chi connectivity index (χ0) is 21.9. The molecule has 6 nitrogen and oxygen atoms in total. The van der Waals surface area contributed by atoms with Gasteiger partial charge in [-0.2, -0.15) is 0 Å². The molecule has 2 aromatic rings. The average Bonchev–Trinajstić information content (AvgIpc) is 3.34. The summed E-state index contributed by atoms with van der Waals surface area (Å²) in [5, 5.41) is 6.70. The molecule has 160 valence electrons. The number of amides is 3. The summed E-state index contributed by atoms with van der Waals surface area (Å²) in [6.07, 6.45) is 0.582. The highest BCUT2D eigenvalue weighted by molar-refractivity contribution is 6.35. The van der Waals surface area contributed by atoms with E-state index in [0.29, 0.717) is 29.2 Å². The SMILES string of the molecule is CC(C)[C@H]1N[C@@]2(C(=O)Nc3c(Cl)cccc32)[C@@H]2C(=O)N(CCc3ccccc3)C(=O)[C@H]12. The fourth-order valence-electron chi connectivity index (χ4n) is 5.46. The zero-order valence-corrected chi connectivity index (χ0v) is 18.1. The Morgan fingerprint density at radius 2 is 1.77 bits per heavy atom. The molecule has 4 atom stereocenters. The summed E-state index contributed by atoms with van der Waals surface area (Å²) in [4.78, 5) is 41.8. The van der Waals surface area contributed by atoms with Crippen LogP contribution >= 0.6 is 11.6 Å². The number of nitrogens with zero attached hydrogens (tertiary/aromatic N) is 1. The summed E-state index contributed by atoms with van der Waals surface area (Å²) in [5.41, 5.74) is 0.944. The van der Waals surface area contributed by atoms with Crippen LogP contribution in [0.3, 0.4) is 0 Å². The number of halogens is 1. The number of likely N-dealkylation sites (tertiary alicyclic amines) is 1. The number of hydrogen-bond donors (Lipinski definition) is 2. The first-order valence-corrected chi connectivity index (χ1v) is 11.0. The van der Waals surface area contributed by atoms with E-state index in [1.165, 1.54) is 4.90 Å². The average molecular weight is 438 g/mol. The Morgan fingerprint density at radius 3 is 2.48 bits per heavy atom. The van der Waals surface area contributed by atoms with E-state index in [-0.39, 0.29) is 29.7 Å². The minimum Gasteiger partial charge on any atom is -0.323 e. The van der Waals surface area contributed by atoms with Gasteiger partial charge in [-0.3, -0.25) is 24.6 Å². The summed E-state index contributed by atoms with van der Waals surface area (Å²) in [6, 6.07) is 14.8. The van der Waals surface area contributed by atoms with Crippen LogP contribution in [-0.2, 0) is 26.3 Å². The lowest BCUT2D eigenvalue weighted by molar-refractivity contribution is -0.142. The number of carbonyl (C=O) groups excluding carboxylic acids is 3. The predicted octanol–water partition coefficient (Wildman–Crippen LogP) is 2.96. The molecule has 0 bridgehead atoms. The second-order valence-electron chi connectivity index (χ2n) is 8.91. The minimum atomic E-state index is -1.28. The minimum absolute atomic E-state index is 0.0636. The van der Waals surface area contributed by atoms with E-state index in [4.69, 9.17) is 11.6 Å². The van der Waals surface area contributed by atoms with Crippen LogP contribution in [0.25, 0.3) is 0 Å². The molecule has 0 radical (unpaired) electrons. The molecular weight excluding hydrogens is 414 g/mol. The third-order valence-electron chi connectivity index (χ3n) is 6.91. The molecule has 0 aromatic heterocycles. The number of para-hydroxylation sites is 1. The summed E-state index contributed by atoms with van der Waals surface area (Å²) in [5.74, 6) is -2.11. The van der Waals surface area contributed by atoms with Gasteiger partial charge in [-0.15, -0.1) is 0 Å². The van der Waals surface area contributed by atoms with Gasteiger partial charge in [0.25, 0.3) is 0 Å². The standard InChI is InChI=1S/C24H24ClN3O3/c1-13(2)19-17-18(22(30)28(21(17)29)12-11-14-7-4-3-5-8-14)24(27-19)15-9-6-10-16(25)20(15)26-23(24)31/h3-10,13,17-19,27H,11-12H2,1-2H3,(H,26,31)/t17-,18-,19+,24+/m0/s1. The molecule has 5 rings (SSSR count). The van der Waals surface area contributed by atoms with E-state index in [1.54, 1.807) is 12.1 Å². The van der Waals surface area contributed by atoms with Crippen molar-refractivity contribution in [3.8, 4) is 0 Å². The largest absolute Gasteiger partial charge is 0.323 e. The highest BCUT2D eigenvalue weighted by Crippen LogP contribution is 2.54. The molecule has 2 aromatic carbocycles. The molecule has 1 spiro atoms. The number of rotatable bonds is 4. The maximum absolute atomic E-state index is 13.6. The molecule has 0 unspecified atom stereocenters. The fourth-order valence-corrected chi connectivity index (χ4v) is 5.69. The molecule has 0 aliphatic carbocycles. The van der Waals surface area contributed by atoms with Crippen molar-refractivity contribution in [2.24, 2.45) is 17.8 Å². The van der Waals surface area contributed by atoms with Crippen LogP contribution < -0.4 is 10.6 Å². The van der Waals surface area contributed by atoms with Crippen molar-refractivity contribution in [3.63, 3.8) is 0 Å². The molecule has 3 amide bonds. The first kappa shape index (κ1) is 20.2. The Kier molecular flexibility index (Phi) is 4.68. The predicted molar refractivity (Wildman–Crippen MR) is 117 cm³/mol. The van der Waals surface area contributed by atoms with Crippen LogP contribution in [0.5, 0.6) is 0 Å². The normalized spacial score (nSPS) is 29.1. The monoisotopic (exact) mass is 437 g/mol. The quantitative estimate of drug-likeness (QED) is 0.721. The fraction of sp³-hybridized carbons (Fsp3) is 0.375. The highest BCUT2D eigenvalue weighted by Gasteiger charge is 2.70. The molecule has 0 saturated carbocycles. The topological polar surface area (TPSA) is 78.5 Å². The number of anilines is 1. The Hall–Kier alpha value is -2.70. The van der Waals surface area contributed by atoms with Crippen LogP contribution in [0.2, 0.25) is 5.02 Å². The second kappa shape index (κ2) is 7.18. The van der Waals surface area contributed by atoms with Gasteiger partial charge in [-0.25, -0.2) is 0 Å². The van der Waals surface area contributed by atoms with Gasteiger partial charge in [0.2, 0.25) is 17.7 Å². The number of carbonyl (C=O) groups is 3. The Labute approximate surface area is 185 Å². The Morgan fingerprint density at radius 1 is 1.03 bits per heavy atom. The van der Waals surface area contributed by atoms with Gasteiger partial charge in [0, 0.05) is 18.2 Å². The van der Waals surface area contributed by atoms with E-state index in [9.17, 15) is 14.4 Å². The number of benzene rings is 2. The van der Waals surface area contributed by atoms with Gasteiger partial charge in [-0.1, -0.05) is 67.9 Å². The third-order valence-corrected chi connectivity index (χ3v) is 7.23. The highest BCUT2D eigenvalue weighted by atomic mass is 35.5. The van der Waals surface area contributed by atoms with Crippen LogP contribution in [0.15, 0.2) is 48.5 Å². The van der Waals surface area contributed by atoms with Gasteiger partial charge >= 0.3 is 0 Å². The van der Waals surface area contributed by atoms with Gasteiger partial charge in [0.15, 0.2) is 0 Å². The number of fused-ring (bicyclic) bond motifs is 4. The van der Waals surface area contributed by atoms with E-state index in [2.05, 4.69) is 10.6 Å². The summed E-state index contributed by atoms with van der Waals surface area (Å²) in [7, 11) is 0. The van der Waals surface area contributed by atoms with Gasteiger partial charge in [-0.05, 0) is 24.0 Å². The smallest absolute Gasteiger partial charge is 0.250 e. The first-order valence-electron chi connectivity index (χ1n) is 10.6. The first-order chi connectivity index (χ1) is 14.9. The van der Waals surface area contributed by atoms with Crippen LogP contribution in [0.1, 0.15) is 25.0 Å². The van der Waals surface area contributed by atoms with Crippen molar-refractivity contribution in [2.75, 3.05) is 11.9 Å². The molecule has 3 aliphatic heterocycles. The van der Waals surface area contributed by atoms with Gasteiger partial charge in [0.05, 0.1) is 22.5 Å². The molecular formula is C24H24ClN3O3. The van der Waals surface area contributed by atoms with Crippen molar-refractivity contribution in [1.82, 2.24) is 10.2 Å². The lowest BCUT2D eigenvalue weighted by atomic mass is 9.76. The molecule has 31 heavy (non-hydrogen) atoms. The van der Waals surface area contributed by atoms with E-state index in [0.717, 1.165) is 5.56 Å². The molecule has 2 saturated heterocycles. The summed E-state index contributed by atoms with van der Waals surface area (Å²) in [6.45, 7) is 4.31. The number of imide groups is 1. The number of hydrogen-bond acceptors (Lipinski definition) is 4. The third kappa shape index (κ3) is 2.78. The summed E-state index contributed by atoms with van der Waals surface area (Å²) >= 11 is 6.34. The van der Waals surface area contributed by atoms with Gasteiger partial charge in [0.1, 0.15) is 5.54 Å². The maximum Gasteiger partial charge on any atom is 0.250 e. The molecule has 2 N–H and O–H groups in total. The van der Waals surface area contributed by atoms with Crippen molar-refractivity contribution in [3.05, 3.63) is 64.7 Å². The van der Waals surface area contributed by atoms with Crippen molar-refractivity contribution in [1.29, 1.82) is 0 Å². The maximum atomic E-state index is 13.6. The van der Waals surface area contributed by atoms with E-state index in [1.807, 2.05) is 50.2 Å². The number of nitrogens with one attached hydrogen (secondary N) is 2. The van der Waals surface area contributed by atoms with Gasteiger partial charge < -0.3 is 5.32 Å². The zero-order valence-electron chi connectivity index (χ0n) is 17.4. The second-order valence-corrected chi connectivity index (χ2v) is 9.31. The van der Waals surface area contributed by atoms with Crippen molar-refractivity contribution in [2.45, 2.75) is 31.8 Å². The summed E-state index contributed by atoms with van der Waals surface area (Å²) < 4.78 is 0. The lowest BCUT2D eigenvalue weighted by Crippen LogP contribution is -2.54. The van der Waals surface area contributed by atoms with Crippen LogP contribution in [0.4, 0.5) is 5.69 Å². The van der Waals surface area contributed by atoms with E-state index < -0.39 is 17.4 Å². The van der Waals surface area contributed by atoms with Crippen molar-refractivity contribution >= 4 is 35.0 Å². The Bertz CT molecular complexity index is 1090. The molecule has 3 aliphatic rings. The van der Waals surface area contributed by atoms with Crippen molar-refractivity contribution < 1.29 is 14.4 Å².